The molecule has 37 heavy (non-hydrogen) atoms. The molecule has 2 saturated heterocycles. The van der Waals surface area contributed by atoms with Gasteiger partial charge in [0.25, 0.3) is 5.91 Å². The first kappa shape index (κ1) is 25.6. The summed E-state index contributed by atoms with van der Waals surface area (Å²) >= 11 is 0. The van der Waals surface area contributed by atoms with Gasteiger partial charge in [-0.15, -0.1) is 0 Å². The SMILES string of the molecule is CC1C(CN2CCC(O)C2)OC(c2ccc(NC(=O)c3ccccc3)cc2)OC1c1ccc(CO)cc1. The van der Waals surface area contributed by atoms with E-state index >= 15 is 0 Å². The van der Waals surface area contributed by atoms with Crippen molar-refractivity contribution in [3.8, 4) is 0 Å². The van der Waals surface area contributed by atoms with Crippen molar-refractivity contribution < 1.29 is 24.5 Å². The summed E-state index contributed by atoms with van der Waals surface area (Å²) in [7, 11) is 0. The summed E-state index contributed by atoms with van der Waals surface area (Å²) in [5.41, 5.74) is 4.06. The number of rotatable bonds is 7. The minimum absolute atomic E-state index is 0.000163. The number of hydrogen-bond donors (Lipinski definition) is 3. The molecule has 5 atom stereocenters. The highest BCUT2D eigenvalue weighted by Gasteiger charge is 2.39. The van der Waals surface area contributed by atoms with E-state index in [1.54, 1.807) is 12.1 Å². The van der Waals surface area contributed by atoms with E-state index in [0.29, 0.717) is 24.3 Å². The molecule has 2 heterocycles. The summed E-state index contributed by atoms with van der Waals surface area (Å²) in [5, 5.41) is 22.4. The van der Waals surface area contributed by atoms with Crippen LogP contribution >= 0.6 is 0 Å². The monoisotopic (exact) mass is 502 g/mol. The number of aliphatic hydroxyl groups excluding tert-OH is 2. The fourth-order valence-corrected chi connectivity index (χ4v) is 5.08. The zero-order valence-electron chi connectivity index (χ0n) is 21.0. The zero-order valence-corrected chi connectivity index (χ0v) is 21.0. The van der Waals surface area contributed by atoms with Crippen LogP contribution in [0, 0.1) is 5.92 Å². The van der Waals surface area contributed by atoms with Crippen LogP contribution in [-0.2, 0) is 16.1 Å². The van der Waals surface area contributed by atoms with Crippen LogP contribution in [-0.4, -0.2) is 52.9 Å². The molecule has 7 heteroatoms. The van der Waals surface area contributed by atoms with Crippen LogP contribution in [0.15, 0.2) is 78.9 Å². The average Bonchev–Trinajstić information content (AvgIpc) is 3.35. The lowest BCUT2D eigenvalue weighted by molar-refractivity contribution is -0.276. The van der Waals surface area contributed by atoms with Gasteiger partial charge in [0.15, 0.2) is 6.29 Å². The second-order valence-electron chi connectivity index (χ2n) is 9.97. The maximum absolute atomic E-state index is 12.5. The van der Waals surface area contributed by atoms with Crippen LogP contribution < -0.4 is 5.32 Å². The Morgan fingerprint density at radius 3 is 2.32 bits per heavy atom. The molecule has 1 amide bonds. The normalized spacial score (nSPS) is 26.2. The lowest BCUT2D eigenvalue weighted by Gasteiger charge is -2.42. The molecule has 0 radical (unpaired) electrons. The highest BCUT2D eigenvalue weighted by atomic mass is 16.7. The summed E-state index contributed by atoms with van der Waals surface area (Å²) in [6, 6.07) is 24.5. The van der Waals surface area contributed by atoms with E-state index in [0.717, 1.165) is 29.7 Å². The fourth-order valence-electron chi connectivity index (χ4n) is 5.08. The van der Waals surface area contributed by atoms with E-state index in [1.165, 1.54) is 0 Å². The number of carbonyl (C=O) groups is 1. The number of hydrogen-bond acceptors (Lipinski definition) is 6. The fraction of sp³-hybridized carbons (Fsp3) is 0.367. The molecule has 0 bridgehead atoms. The number of amides is 1. The van der Waals surface area contributed by atoms with Crippen LogP contribution in [0.5, 0.6) is 0 Å². The van der Waals surface area contributed by atoms with Crippen molar-refractivity contribution in [1.82, 2.24) is 4.90 Å². The lowest BCUT2D eigenvalue weighted by atomic mass is 9.90. The predicted molar refractivity (Wildman–Crippen MR) is 141 cm³/mol. The molecule has 5 rings (SSSR count). The van der Waals surface area contributed by atoms with E-state index in [9.17, 15) is 15.0 Å². The number of aliphatic hydroxyl groups is 2. The Bertz CT molecular complexity index is 1170. The Kier molecular flexibility index (Phi) is 7.98. The van der Waals surface area contributed by atoms with Crippen molar-refractivity contribution in [3.05, 3.63) is 101 Å². The smallest absolute Gasteiger partial charge is 0.255 e. The molecule has 0 aromatic heterocycles. The van der Waals surface area contributed by atoms with Gasteiger partial charge in [-0.2, -0.15) is 0 Å². The molecule has 3 aromatic rings. The number of anilines is 1. The molecule has 0 spiro atoms. The third-order valence-corrected chi connectivity index (χ3v) is 7.29. The highest BCUT2D eigenvalue weighted by molar-refractivity contribution is 6.04. The first-order valence-corrected chi connectivity index (χ1v) is 12.9. The molecule has 0 saturated carbocycles. The molecule has 3 aromatic carbocycles. The summed E-state index contributed by atoms with van der Waals surface area (Å²) < 4.78 is 13.0. The minimum Gasteiger partial charge on any atom is -0.392 e. The summed E-state index contributed by atoms with van der Waals surface area (Å²) in [6.45, 7) is 4.36. The number of likely N-dealkylation sites (tertiary alicyclic amines) is 1. The minimum atomic E-state index is -0.574. The third-order valence-electron chi connectivity index (χ3n) is 7.29. The van der Waals surface area contributed by atoms with E-state index in [2.05, 4.69) is 17.1 Å². The molecular weight excluding hydrogens is 468 g/mol. The van der Waals surface area contributed by atoms with Crippen LogP contribution in [0.1, 0.15) is 52.8 Å². The standard InChI is InChI=1S/C30H34N2O5/c1-20-27(18-32-16-15-26(34)17-32)36-30(37-28(20)22-9-7-21(19-33)8-10-22)24-11-13-25(14-12-24)31-29(35)23-5-3-2-4-6-23/h2-14,20,26-28,30,33-34H,15-19H2,1H3,(H,31,35). The van der Waals surface area contributed by atoms with Crippen molar-refractivity contribution in [1.29, 1.82) is 0 Å². The number of benzene rings is 3. The Labute approximate surface area is 217 Å². The summed E-state index contributed by atoms with van der Waals surface area (Å²) in [6.07, 6.45) is -0.365. The second-order valence-corrected chi connectivity index (χ2v) is 9.97. The maximum atomic E-state index is 12.5. The maximum Gasteiger partial charge on any atom is 0.255 e. The van der Waals surface area contributed by atoms with Crippen LogP contribution in [0.25, 0.3) is 0 Å². The van der Waals surface area contributed by atoms with Crippen molar-refractivity contribution in [2.24, 2.45) is 5.92 Å². The van der Waals surface area contributed by atoms with Gasteiger partial charge in [0.05, 0.1) is 24.9 Å². The van der Waals surface area contributed by atoms with E-state index in [1.807, 2.05) is 66.7 Å². The van der Waals surface area contributed by atoms with Crippen molar-refractivity contribution in [3.63, 3.8) is 0 Å². The van der Waals surface area contributed by atoms with Crippen molar-refractivity contribution in [2.75, 3.05) is 25.0 Å². The Morgan fingerprint density at radius 1 is 0.973 bits per heavy atom. The zero-order chi connectivity index (χ0) is 25.8. The van der Waals surface area contributed by atoms with Gasteiger partial charge in [-0.05, 0) is 41.8 Å². The third kappa shape index (κ3) is 6.09. The van der Waals surface area contributed by atoms with Gasteiger partial charge in [0.2, 0.25) is 0 Å². The van der Waals surface area contributed by atoms with Crippen molar-refractivity contribution >= 4 is 11.6 Å². The second kappa shape index (κ2) is 11.5. The molecule has 2 aliphatic heterocycles. The first-order valence-electron chi connectivity index (χ1n) is 12.9. The molecule has 0 aliphatic carbocycles. The van der Waals surface area contributed by atoms with Crippen molar-refractivity contribution in [2.45, 2.75) is 44.6 Å². The van der Waals surface area contributed by atoms with Gasteiger partial charge in [0.1, 0.15) is 0 Å². The van der Waals surface area contributed by atoms with E-state index < -0.39 is 6.29 Å². The Hall–Kier alpha value is -3.07. The average molecular weight is 503 g/mol. The number of nitrogens with one attached hydrogen (secondary N) is 1. The Morgan fingerprint density at radius 2 is 1.68 bits per heavy atom. The number of nitrogens with zero attached hydrogens (tertiary/aromatic N) is 1. The summed E-state index contributed by atoms with van der Waals surface area (Å²) in [5.74, 6) is -0.0787. The van der Waals surface area contributed by atoms with Crippen LogP contribution in [0.2, 0.25) is 0 Å². The first-order chi connectivity index (χ1) is 18.0. The highest BCUT2D eigenvalue weighted by Crippen LogP contribution is 2.42. The largest absolute Gasteiger partial charge is 0.392 e. The number of ether oxygens (including phenoxy) is 2. The van der Waals surface area contributed by atoms with Gasteiger partial charge < -0.3 is 25.0 Å². The molecular formula is C30H34N2O5. The molecule has 194 valence electrons. The van der Waals surface area contributed by atoms with Gasteiger partial charge in [-0.1, -0.05) is 61.5 Å². The van der Waals surface area contributed by atoms with Crippen LogP contribution in [0.3, 0.4) is 0 Å². The number of β-amino-alcohol motifs (C(OH)–C–C–N with tert-alkyl or cyclic N) is 1. The molecule has 2 fully saturated rings. The molecule has 2 aliphatic rings. The van der Waals surface area contributed by atoms with E-state index in [4.69, 9.17) is 9.47 Å². The van der Waals surface area contributed by atoms with Gasteiger partial charge in [0, 0.05) is 42.4 Å². The Balaban J connectivity index is 1.34. The lowest BCUT2D eigenvalue weighted by Crippen LogP contribution is -2.44. The number of carbonyl (C=O) groups excluding carboxylic acids is 1. The summed E-state index contributed by atoms with van der Waals surface area (Å²) in [4.78, 5) is 14.8. The topological polar surface area (TPSA) is 91.3 Å². The predicted octanol–water partition coefficient (Wildman–Crippen LogP) is 4.29. The van der Waals surface area contributed by atoms with Gasteiger partial charge in [-0.3, -0.25) is 9.69 Å². The van der Waals surface area contributed by atoms with E-state index in [-0.39, 0.29) is 36.7 Å². The molecule has 7 nitrogen and oxygen atoms in total. The van der Waals surface area contributed by atoms with Gasteiger partial charge >= 0.3 is 0 Å². The van der Waals surface area contributed by atoms with Gasteiger partial charge in [-0.25, -0.2) is 0 Å². The molecule has 3 N–H and O–H groups in total. The quantitative estimate of drug-likeness (QED) is 0.447. The molecule has 5 unspecified atom stereocenters. The van der Waals surface area contributed by atoms with Crippen LogP contribution in [0.4, 0.5) is 5.69 Å².